The Balaban J connectivity index is 1.99. The Labute approximate surface area is 128 Å². The van der Waals surface area contributed by atoms with Gasteiger partial charge in [-0.1, -0.05) is 6.07 Å². The first-order valence-electron chi connectivity index (χ1n) is 7.11. The number of carbonyl (C=O) groups excluding carboxylic acids is 1. The second-order valence-electron chi connectivity index (χ2n) is 5.26. The van der Waals surface area contributed by atoms with Crippen LogP contribution in [0.2, 0.25) is 0 Å². The van der Waals surface area contributed by atoms with Crippen molar-refractivity contribution in [3.63, 3.8) is 0 Å². The summed E-state index contributed by atoms with van der Waals surface area (Å²) in [5.41, 5.74) is 0.660. The van der Waals surface area contributed by atoms with Gasteiger partial charge >= 0.3 is 6.61 Å². The smallest absolute Gasteiger partial charge is 0.387 e. The second kappa shape index (κ2) is 7.24. The number of nitrogens with one attached hydrogen (secondary N) is 1. The average Bonchev–Trinajstić information content (AvgIpc) is 3.30. The summed E-state index contributed by atoms with van der Waals surface area (Å²) in [5.74, 6) is 0.560. The molecule has 0 unspecified atom stereocenters. The van der Waals surface area contributed by atoms with E-state index < -0.39 is 6.61 Å². The van der Waals surface area contributed by atoms with Crippen LogP contribution in [-0.4, -0.2) is 25.7 Å². The number of ether oxygens (including phenoxy) is 2. The number of hydrogen-bond donors (Lipinski definition) is 1. The van der Waals surface area contributed by atoms with Crippen LogP contribution in [0.5, 0.6) is 11.5 Å². The molecule has 0 aliphatic heterocycles. The Morgan fingerprint density at radius 2 is 2.09 bits per heavy atom. The van der Waals surface area contributed by atoms with E-state index >= 15 is 0 Å². The van der Waals surface area contributed by atoms with Crippen LogP contribution in [-0.2, 0) is 4.79 Å². The van der Waals surface area contributed by atoms with E-state index in [-0.39, 0.29) is 23.4 Å². The first-order valence-corrected chi connectivity index (χ1v) is 7.11. The average molecular weight is 311 g/mol. The summed E-state index contributed by atoms with van der Waals surface area (Å²) in [6, 6.07) is 4.67. The van der Waals surface area contributed by atoms with Crippen LogP contribution in [0.3, 0.4) is 0 Å². The molecule has 1 aliphatic carbocycles. The highest BCUT2D eigenvalue weighted by Gasteiger charge is 2.28. The fourth-order valence-electron chi connectivity index (χ4n) is 2.14. The summed E-state index contributed by atoms with van der Waals surface area (Å²) < 4.78 is 33.8. The van der Waals surface area contributed by atoms with Crippen molar-refractivity contribution in [2.75, 3.05) is 7.11 Å². The van der Waals surface area contributed by atoms with E-state index in [1.807, 2.05) is 6.92 Å². The highest BCUT2D eigenvalue weighted by Crippen LogP contribution is 2.32. The normalized spacial score (nSPS) is 15.9. The number of carbonyl (C=O) groups is 1. The third-order valence-electron chi connectivity index (χ3n) is 3.53. The molecule has 120 valence electrons. The van der Waals surface area contributed by atoms with E-state index in [0.717, 1.165) is 12.8 Å². The lowest BCUT2D eigenvalue weighted by molar-refractivity contribution is -0.117. The summed E-state index contributed by atoms with van der Waals surface area (Å²) >= 11 is 0. The van der Waals surface area contributed by atoms with Gasteiger partial charge in [0.1, 0.15) is 0 Å². The molecule has 1 aromatic carbocycles. The maximum Gasteiger partial charge on any atom is 0.387 e. The minimum Gasteiger partial charge on any atom is -0.493 e. The van der Waals surface area contributed by atoms with Crippen LogP contribution in [0.4, 0.5) is 8.78 Å². The van der Waals surface area contributed by atoms with Crippen LogP contribution in [0.1, 0.15) is 25.3 Å². The van der Waals surface area contributed by atoms with Gasteiger partial charge in [-0.3, -0.25) is 4.79 Å². The number of alkyl halides is 2. The summed E-state index contributed by atoms with van der Waals surface area (Å²) in [7, 11) is 1.37. The third kappa shape index (κ3) is 4.72. The number of rotatable bonds is 7. The predicted molar refractivity (Wildman–Crippen MR) is 79.0 cm³/mol. The van der Waals surface area contributed by atoms with E-state index in [0.29, 0.717) is 11.5 Å². The van der Waals surface area contributed by atoms with Crippen LogP contribution in [0.25, 0.3) is 6.08 Å². The number of benzene rings is 1. The summed E-state index contributed by atoms with van der Waals surface area (Å²) in [4.78, 5) is 11.8. The molecule has 0 saturated heterocycles. The van der Waals surface area contributed by atoms with Gasteiger partial charge in [0.05, 0.1) is 7.11 Å². The fraction of sp³-hybridized carbons (Fsp3) is 0.438. The highest BCUT2D eigenvalue weighted by molar-refractivity contribution is 5.92. The van der Waals surface area contributed by atoms with Crippen molar-refractivity contribution in [2.24, 2.45) is 5.92 Å². The van der Waals surface area contributed by atoms with E-state index in [4.69, 9.17) is 4.74 Å². The molecule has 6 heteroatoms. The first kappa shape index (κ1) is 16.3. The van der Waals surface area contributed by atoms with Crippen LogP contribution < -0.4 is 14.8 Å². The quantitative estimate of drug-likeness (QED) is 0.787. The maximum absolute atomic E-state index is 12.2. The van der Waals surface area contributed by atoms with Gasteiger partial charge in [0.25, 0.3) is 0 Å². The molecular weight excluding hydrogens is 292 g/mol. The lowest BCUT2D eigenvalue weighted by Crippen LogP contribution is -2.32. The van der Waals surface area contributed by atoms with Crippen molar-refractivity contribution in [2.45, 2.75) is 32.4 Å². The van der Waals surface area contributed by atoms with E-state index in [9.17, 15) is 13.6 Å². The lowest BCUT2D eigenvalue weighted by Gasteiger charge is -2.11. The second-order valence-corrected chi connectivity index (χ2v) is 5.26. The van der Waals surface area contributed by atoms with Crippen molar-refractivity contribution in [1.82, 2.24) is 5.32 Å². The third-order valence-corrected chi connectivity index (χ3v) is 3.53. The van der Waals surface area contributed by atoms with Crippen molar-refractivity contribution >= 4 is 12.0 Å². The Morgan fingerprint density at radius 1 is 1.36 bits per heavy atom. The number of hydrogen-bond acceptors (Lipinski definition) is 3. The van der Waals surface area contributed by atoms with Gasteiger partial charge in [-0.25, -0.2) is 0 Å². The van der Waals surface area contributed by atoms with Gasteiger partial charge in [-0.05, 0) is 49.5 Å². The Morgan fingerprint density at radius 3 is 2.68 bits per heavy atom. The van der Waals surface area contributed by atoms with Gasteiger partial charge in [0.2, 0.25) is 5.91 Å². The topological polar surface area (TPSA) is 47.6 Å². The zero-order valence-electron chi connectivity index (χ0n) is 12.5. The number of halogens is 2. The van der Waals surface area contributed by atoms with Crippen molar-refractivity contribution in [1.29, 1.82) is 0 Å². The van der Waals surface area contributed by atoms with Crippen LogP contribution in [0, 0.1) is 5.92 Å². The molecule has 0 heterocycles. The molecule has 1 aliphatic rings. The molecule has 2 rings (SSSR count). The van der Waals surface area contributed by atoms with Gasteiger partial charge in [0, 0.05) is 12.1 Å². The minimum atomic E-state index is -2.91. The standard InChI is InChI=1S/C16H19F2NO3/c1-10(12-5-6-12)19-15(20)8-4-11-3-7-13(22-16(17)18)14(9-11)21-2/h3-4,7-10,12,16H,5-6H2,1-2H3,(H,19,20)/b8-4+/t10-/m0/s1. The first-order chi connectivity index (χ1) is 10.5. The summed E-state index contributed by atoms with van der Waals surface area (Å²) in [6.45, 7) is -0.923. The zero-order valence-corrected chi connectivity index (χ0v) is 12.5. The molecule has 1 N–H and O–H groups in total. The SMILES string of the molecule is COc1cc(/C=C/C(=O)N[C@@H](C)C2CC2)ccc1OC(F)F. The van der Waals surface area contributed by atoms with E-state index in [1.165, 1.54) is 25.3 Å². The largest absolute Gasteiger partial charge is 0.493 e. The molecule has 0 bridgehead atoms. The molecule has 22 heavy (non-hydrogen) atoms. The maximum atomic E-state index is 12.2. The van der Waals surface area contributed by atoms with Gasteiger partial charge in [0.15, 0.2) is 11.5 Å². The molecule has 1 atom stereocenters. The lowest BCUT2D eigenvalue weighted by atomic mass is 10.1. The van der Waals surface area contributed by atoms with Gasteiger partial charge in [-0.2, -0.15) is 8.78 Å². The molecular formula is C16H19F2NO3. The van der Waals surface area contributed by atoms with E-state index in [1.54, 1.807) is 12.1 Å². The van der Waals surface area contributed by atoms with Crippen molar-refractivity contribution in [3.8, 4) is 11.5 Å². The predicted octanol–water partition coefficient (Wildman–Crippen LogP) is 3.22. The van der Waals surface area contributed by atoms with Crippen molar-refractivity contribution in [3.05, 3.63) is 29.8 Å². The monoisotopic (exact) mass is 311 g/mol. The fourth-order valence-corrected chi connectivity index (χ4v) is 2.14. The molecule has 0 radical (unpaired) electrons. The Hall–Kier alpha value is -2.11. The highest BCUT2D eigenvalue weighted by atomic mass is 19.3. The van der Waals surface area contributed by atoms with E-state index in [2.05, 4.69) is 10.1 Å². The van der Waals surface area contributed by atoms with Gasteiger partial charge in [-0.15, -0.1) is 0 Å². The number of methoxy groups -OCH3 is 1. The van der Waals surface area contributed by atoms with Gasteiger partial charge < -0.3 is 14.8 Å². The molecule has 0 aromatic heterocycles. The van der Waals surface area contributed by atoms with Crippen LogP contribution in [0.15, 0.2) is 24.3 Å². The molecule has 1 amide bonds. The molecule has 4 nitrogen and oxygen atoms in total. The molecule has 1 saturated carbocycles. The molecule has 1 aromatic rings. The minimum absolute atomic E-state index is 0.0403. The molecule has 0 spiro atoms. The number of amides is 1. The summed E-state index contributed by atoms with van der Waals surface area (Å²) in [6.07, 6.45) is 5.34. The molecule has 1 fully saturated rings. The van der Waals surface area contributed by atoms with Crippen LogP contribution >= 0.6 is 0 Å². The Bertz CT molecular complexity index is 556. The Kier molecular flexibility index (Phi) is 5.35. The van der Waals surface area contributed by atoms with Crippen molar-refractivity contribution < 1.29 is 23.0 Å². The zero-order chi connectivity index (χ0) is 16.1. The summed E-state index contributed by atoms with van der Waals surface area (Å²) in [5, 5.41) is 2.90.